The summed E-state index contributed by atoms with van der Waals surface area (Å²) in [5.74, 6) is 0.300. The van der Waals surface area contributed by atoms with Crippen molar-refractivity contribution in [1.82, 2.24) is 0 Å². The Morgan fingerprint density at radius 3 is 2.26 bits per heavy atom. The summed E-state index contributed by atoms with van der Waals surface area (Å²) in [4.78, 5) is 35.5. The molecule has 0 atom stereocenters. The number of thioether (sulfide) groups is 1. The van der Waals surface area contributed by atoms with Gasteiger partial charge < -0.3 is 15.4 Å². The largest absolute Gasteiger partial charge is 0.497 e. The fourth-order valence-electron chi connectivity index (χ4n) is 2.61. The molecule has 158 valence electrons. The second-order valence-electron chi connectivity index (χ2n) is 6.35. The summed E-state index contributed by atoms with van der Waals surface area (Å²) in [5.41, 5.74) is 1.57. The van der Waals surface area contributed by atoms with E-state index in [1.54, 1.807) is 43.5 Å². The zero-order valence-corrected chi connectivity index (χ0v) is 17.3. The number of rotatable bonds is 8. The fourth-order valence-corrected chi connectivity index (χ4v) is 3.31. The highest BCUT2D eigenvalue weighted by Gasteiger charge is 2.09. The molecule has 0 radical (unpaired) electrons. The molecule has 0 saturated heterocycles. The molecule has 31 heavy (non-hydrogen) atoms. The number of amides is 2. The highest BCUT2D eigenvalue weighted by atomic mass is 32.2. The van der Waals surface area contributed by atoms with Crippen molar-refractivity contribution in [3.63, 3.8) is 0 Å². The second-order valence-corrected chi connectivity index (χ2v) is 7.40. The first-order chi connectivity index (χ1) is 14.9. The van der Waals surface area contributed by atoms with Gasteiger partial charge >= 0.3 is 0 Å². The number of nitrogens with zero attached hydrogens (tertiary/aromatic N) is 1. The van der Waals surface area contributed by atoms with Crippen LogP contribution in [0.1, 0.15) is 10.4 Å². The van der Waals surface area contributed by atoms with Crippen LogP contribution in [0.15, 0.2) is 77.7 Å². The highest BCUT2D eigenvalue weighted by Crippen LogP contribution is 2.22. The number of nitrogens with one attached hydrogen (secondary N) is 2. The van der Waals surface area contributed by atoms with Crippen molar-refractivity contribution in [2.24, 2.45) is 0 Å². The predicted molar refractivity (Wildman–Crippen MR) is 120 cm³/mol. The Bertz CT molecular complexity index is 1090. The Labute approximate surface area is 182 Å². The van der Waals surface area contributed by atoms with E-state index < -0.39 is 4.92 Å². The van der Waals surface area contributed by atoms with E-state index in [1.807, 2.05) is 12.1 Å². The molecule has 0 aliphatic heterocycles. The Morgan fingerprint density at radius 1 is 0.968 bits per heavy atom. The van der Waals surface area contributed by atoms with Crippen molar-refractivity contribution in [1.29, 1.82) is 0 Å². The normalized spacial score (nSPS) is 10.2. The summed E-state index contributed by atoms with van der Waals surface area (Å²) in [6, 6.07) is 19.6. The van der Waals surface area contributed by atoms with Gasteiger partial charge in [0.2, 0.25) is 5.91 Å². The molecule has 0 bridgehead atoms. The van der Waals surface area contributed by atoms with Gasteiger partial charge in [0.15, 0.2) is 0 Å². The summed E-state index contributed by atoms with van der Waals surface area (Å²) in [6.45, 7) is 0. The average Bonchev–Trinajstić information content (AvgIpc) is 2.79. The molecule has 3 rings (SSSR count). The molecule has 2 amide bonds. The van der Waals surface area contributed by atoms with Crippen LogP contribution in [0.3, 0.4) is 0 Å². The van der Waals surface area contributed by atoms with Crippen LogP contribution < -0.4 is 15.4 Å². The van der Waals surface area contributed by atoms with E-state index in [-0.39, 0.29) is 23.3 Å². The van der Waals surface area contributed by atoms with Crippen molar-refractivity contribution >= 4 is 40.6 Å². The number of hydrogen-bond acceptors (Lipinski definition) is 6. The lowest BCUT2D eigenvalue weighted by atomic mass is 10.2. The minimum Gasteiger partial charge on any atom is -0.497 e. The molecule has 0 aliphatic carbocycles. The zero-order valence-electron chi connectivity index (χ0n) is 16.5. The van der Waals surface area contributed by atoms with Crippen LogP contribution in [0, 0.1) is 10.1 Å². The van der Waals surface area contributed by atoms with Gasteiger partial charge in [-0.2, -0.15) is 0 Å². The van der Waals surface area contributed by atoms with Crippen molar-refractivity contribution in [3.8, 4) is 5.75 Å². The standard InChI is InChI=1S/C22H19N3O5S/c1-30-19-4-2-3-15(13-19)22(27)24-17-7-11-20(12-8-17)31-14-21(26)23-16-5-9-18(10-6-16)25(28)29/h2-13H,14H2,1H3,(H,23,26)(H,24,27). The molecule has 0 heterocycles. The third-order valence-electron chi connectivity index (χ3n) is 4.18. The van der Waals surface area contributed by atoms with E-state index in [0.29, 0.717) is 22.7 Å². The summed E-state index contributed by atoms with van der Waals surface area (Å²) in [7, 11) is 1.54. The summed E-state index contributed by atoms with van der Waals surface area (Å²) in [5, 5.41) is 16.2. The van der Waals surface area contributed by atoms with E-state index in [4.69, 9.17) is 4.74 Å². The molecule has 0 aliphatic rings. The topological polar surface area (TPSA) is 111 Å². The number of non-ortho nitro benzene ring substituents is 1. The lowest BCUT2D eigenvalue weighted by molar-refractivity contribution is -0.384. The molecule has 2 N–H and O–H groups in total. The molecule has 3 aromatic carbocycles. The number of carbonyl (C=O) groups is 2. The van der Waals surface area contributed by atoms with Gasteiger partial charge in [-0.15, -0.1) is 11.8 Å². The van der Waals surface area contributed by atoms with Gasteiger partial charge in [-0.1, -0.05) is 6.07 Å². The second kappa shape index (κ2) is 10.3. The van der Waals surface area contributed by atoms with E-state index in [1.165, 1.54) is 36.0 Å². The smallest absolute Gasteiger partial charge is 0.269 e. The maximum atomic E-state index is 12.4. The molecule has 0 saturated carbocycles. The number of ether oxygens (including phenoxy) is 1. The first-order valence-electron chi connectivity index (χ1n) is 9.17. The minimum atomic E-state index is -0.496. The van der Waals surface area contributed by atoms with Gasteiger partial charge in [0.25, 0.3) is 11.6 Å². The van der Waals surface area contributed by atoms with Crippen molar-refractivity contribution in [2.75, 3.05) is 23.5 Å². The Balaban J connectivity index is 1.50. The lowest BCUT2D eigenvalue weighted by Gasteiger charge is -2.08. The summed E-state index contributed by atoms with van der Waals surface area (Å²) < 4.78 is 5.13. The third kappa shape index (κ3) is 6.31. The van der Waals surface area contributed by atoms with Crippen LogP contribution in [0.2, 0.25) is 0 Å². The van der Waals surface area contributed by atoms with Gasteiger partial charge in [-0.25, -0.2) is 0 Å². The number of nitro groups is 1. The van der Waals surface area contributed by atoms with Gasteiger partial charge in [-0.05, 0) is 54.6 Å². The maximum absolute atomic E-state index is 12.4. The number of nitro benzene ring substituents is 1. The number of carbonyl (C=O) groups excluding carboxylic acids is 2. The van der Waals surface area contributed by atoms with Gasteiger partial charge in [0.05, 0.1) is 17.8 Å². The number of benzene rings is 3. The SMILES string of the molecule is COc1cccc(C(=O)Nc2ccc(SCC(=O)Nc3ccc([N+](=O)[O-])cc3)cc2)c1. The van der Waals surface area contributed by atoms with Crippen molar-refractivity contribution in [2.45, 2.75) is 4.90 Å². The molecule has 0 spiro atoms. The Hall–Kier alpha value is -3.85. The van der Waals surface area contributed by atoms with Crippen LogP contribution in [-0.2, 0) is 4.79 Å². The molecule has 0 aromatic heterocycles. The van der Waals surface area contributed by atoms with Gasteiger partial charge in [0.1, 0.15) is 5.75 Å². The van der Waals surface area contributed by atoms with Crippen LogP contribution in [-0.4, -0.2) is 29.6 Å². The molecule has 9 heteroatoms. The molecule has 0 unspecified atom stereocenters. The molecule has 8 nitrogen and oxygen atoms in total. The molecule has 3 aromatic rings. The average molecular weight is 437 g/mol. The van der Waals surface area contributed by atoms with Crippen LogP contribution in [0.5, 0.6) is 5.75 Å². The first-order valence-corrected chi connectivity index (χ1v) is 10.2. The molecular formula is C22H19N3O5S. The van der Waals surface area contributed by atoms with E-state index in [2.05, 4.69) is 10.6 Å². The third-order valence-corrected chi connectivity index (χ3v) is 5.19. The van der Waals surface area contributed by atoms with Crippen molar-refractivity contribution < 1.29 is 19.2 Å². The fraction of sp³-hybridized carbons (Fsp3) is 0.0909. The molecule has 0 fully saturated rings. The predicted octanol–water partition coefficient (Wildman–Crippen LogP) is 4.59. The van der Waals surface area contributed by atoms with Gasteiger partial charge in [0, 0.05) is 34.0 Å². The zero-order chi connectivity index (χ0) is 22.2. The minimum absolute atomic E-state index is 0.0362. The number of anilines is 2. The monoisotopic (exact) mass is 437 g/mol. The Kier molecular flexibility index (Phi) is 7.23. The first kappa shape index (κ1) is 21.8. The highest BCUT2D eigenvalue weighted by molar-refractivity contribution is 8.00. The van der Waals surface area contributed by atoms with E-state index >= 15 is 0 Å². The van der Waals surface area contributed by atoms with E-state index in [0.717, 1.165) is 4.90 Å². The van der Waals surface area contributed by atoms with Crippen LogP contribution >= 0.6 is 11.8 Å². The van der Waals surface area contributed by atoms with E-state index in [9.17, 15) is 19.7 Å². The lowest BCUT2D eigenvalue weighted by Crippen LogP contribution is -2.14. The summed E-state index contributed by atoms with van der Waals surface area (Å²) in [6.07, 6.45) is 0. The summed E-state index contributed by atoms with van der Waals surface area (Å²) >= 11 is 1.34. The van der Waals surface area contributed by atoms with Gasteiger partial charge in [-0.3, -0.25) is 19.7 Å². The molecular weight excluding hydrogens is 418 g/mol. The van der Waals surface area contributed by atoms with Crippen LogP contribution in [0.25, 0.3) is 0 Å². The quantitative estimate of drug-likeness (QED) is 0.303. The van der Waals surface area contributed by atoms with Crippen LogP contribution in [0.4, 0.5) is 17.1 Å². The maximum Gasteiger partial charge on any atom is 0.269 e. The Morgan fingerprint density at radius 2 is 1.61 bits per heavy atom. The number of hydrogen-bond donors (Lipinski definition) is 2. The number of methoxy groups -OCH3 is 1. The van der Waals surface area contributed by atoms with Crippen molar-refractivity contribution in [3.05, 3.63) is 88.5 Å².